The summed E-state index contributed by atoms with van der Waals surface area (Å²) >= 11 is 0. The van der Waals surface area contributed by atoms with Crippen LogP contribution in [0.15, 0.2) is 0 Å². The SMILES string of the molecule is CC1(C)CC(N2CCCN(C3CC(C)(C)NC(C)(C)C3)C2=O)CC(C)(C)N1. The van der Waals surface area contributed by atoms with Gasteiger partial charge in [0, 0.05) is 47.3 Å². The van der Waals surface area contributed by atoms with Gasteiger partial charge in [0.15, 0.2) is 0 Å². The second-order valence-electron chi connectivity index (χ2n) is 11.9. The first-order valence-electron chi connectivity index (χ1n) is 10.8. The quantitative estimate of drug-likeness (QED) is 0.770. The molecule has 3 rings (SSSR count). The smallest absolute Gasteiger partial charge is 0.320 e. The molecule has 0 aromatic rings. The first-order valence-corrected chi connectivity index (χ1v) is 10.8. The van der Waals surface area contributed by atoms with E-state index in [1.54, 1.807) is 0 Å². The van der Waals surface area contributed by atoms with E-state index in [9.17, 15) is 4.79 Å². The zero-order valence-corrected chi connectivity index (χ0v) is 18.9. The van der Waals surface area contributed by atoms with Crippen molar-refractivity contribution in [1.82, 2.24) is 20.4 Å². The second-order valence-corrected chi connectivity index (χ2v) is 11.9. The molecule has 0 spiro atoms. The summed E-state index contributed by atoms with van der Waals surface area (Å²) in [5.74, 6) is 0. The second kappa shape index (κ2) is 6.62. The van der Waals surface area contributed by atoms with Crippen LogP contribution in [0.1, 0.15) is 87.5 Å². The van der Waals surface area contributed by atoms with Gasteiger partial charge in [-0.15, -0.1) is 0 Å². The van der Waals surface area contributed by atoms with Gasteiger partial charge in [-0.1, -0.05) is 0 Å². The Labute approximate surface area is 166 Å². The van der Waals surface area contributed by atoms with Crippen LogP contribution in [0.25, 0.3) is 0 Å². The average molecular weight is 379 g/mol. The zero-order chi connectivity index (χ0) is 20.3. The van der Waals surface area contributed by atoms with E-state index in [0.717, 1.165) is 45.2 Å². The number of nitrogens with zero attached hydrogens (tertiary/aromatic N) is 2. The standard InChI is InChI=1S/C22H42N4O/c1-19(2)12-16(13-20(3,4)23-19)25-10-9-11-26(18(25)27)17-14-21(5,6)24-22(7,8)15-17/h16-17,23-24H,9-15H2,1-8H3. The van der Waals surface area contributed by atoms with E-state index in [1.807, 2.05) is 0 Å². The zero-order valence-electron chi connectivity index (χ0n) is 18.9. The maximum Gasteiger partial charge on any atom is 0.320 e. The highest BCUT2D eigenvalue weighted by Gasteiger charge is 2.46. The monoisotopic (exact) mass is 378 g/mol. The summed E-state index contributed by atoms with van der Waals surface area (Å²) < 4.78 is 0. The highest BCUT2D eigenvalue weighted by Crippen LogP contribution is 2.36. The van der Waals surface area contributed by atoms with Crippen LogP contribution < -0.4 is 10.6 Å². The molecule has 0 aliphatic carbocycles. The highest BCUT2D eigenvalue weighted by molar-refractivity contribution is 5.76. The lowest BCUT2D eigenvalue weighted by Gasteiger charge is -2.54. The molecule has 156 valence electrons. The molecule has 5 nitrogen and oxygen atoms in total. The van der Waals surface area contributed by atoms with Gasteiger partial charge in [0.1, 0.15) is 0 Å². The molecule has 0 bridgehead atoms. The van der Waals surface area contributed by atoms with Crippen molar-refractivity contribution >= 4 is 6.03 Å². The molecule has 27 heavy (non-hydrogen) atoms. The summed E-state index contributed by atoms with van der Waals surface area (Å²) in [4.78, 5) is 18.0. The summed E-state index contributed by atoms with van der Waals surface area (Å²) in [7, 11) is 0. The topological polar surface area (TPSA) is 47.6 Å². The molecule has 0 aromatic carbocycles. The molecule has 0 aromatic heterocycles. The number of urea groups is 1. The molecule has 3 saturated heterocycles. The van der Waals surface area contributed by atoms with E-state index in [0.29, 0.717) is 12.1 Å². The Kier molecular flexibility index (Phi) is 5.13. The fourth-order valence-corrected chi connectivity index (χ4v) is 6.42. The summed E-state index contributed by atoms with van der Waals surface area (Å²) in [5, 5.41) is 7.50. The molecule has 3 fully saturated rings. The van der Waals surface area contributed by atoms with Crippen LogP contribution in [0.2, 0.25) is 0 Å². The van der Waals surface area contributed by atoms with Crippen LogP contribution in [0.3, 0.4) is 0 Å². The predicted molar refractivity (Wildman–Crippen MR) is 112 cm³/mol. The lowest BCUT2D eigenvalue weighted by atomic mass is 9.78. The minimum atomic E-state index is 0.0632. The fraction of sp³-hybridized carbons (Fsp3) is 0.955. The molecule has 3 aliphatic heterocycles. The van der Waals surface area contributed by atoms with Crippen molar-refractivity contribution in [2.45, 2.75) is 122 Å². The average Bonchev–Trinajstić information content (AvgIpc) is 2.40. The number of amides is 2. The van der Waals surface area contributed by atoms with E-state index in [4.69, 9.17) is 0 Å². The van der Waals surface area contributed by atoms with Gasteiger partial charge in [-0.3, -0.25) is 0 Å². The molecule has 0 radical (unpaired) electrons. The molecule has 5 heteroatoms. The Morgan fingerprint density at radius 3 is 1.26 bits per heavy atom. The molecule has 2 amide bonds. The summed E-state index contributed by atoms with van der Waals surface area (Å²) in [6.45, 7) is 20.0. The lowest BCUT2D eigenvalue weighted by molar-refractivity contribution is 0.0231. The third-order valence-electron chi connectivity index (χ3n) is 6.51. The number of carbonyl (C=O) groups is 1. The van der Waals surface area contributed by atoms with Crippen molar-refractivity contribution in [3.63, 3.8) is 0 Å². The number of nitrogens with one attached hydrogen (secondary N) is 2. The van der Waals surface area contributed by atoms with Crippen LogP contribution in [0, 0.1) is 0 Å². The molecule has 0 unspecified atom stereocenters. The number of rotatable bonds is 2. The molecular formula is C22H42N4O. The molecule has 3 heterocycles. The Bertz CT molecular complexity index is 501. The number of hydrogen-bond donors (Lipinski definition) is 2. The van der Waals surface area contributed by atoms with E-state index in [1.165, 1.54) is 0 Å². The third kappa shape index (κ3) is 4.79. The maximum atomic E-state index is 13.6. The van der Waals surface area contributed by atoms with Crippen molar-refractivity contribution in [3.8, 4) is 0 Å². The Balaban J connectivity index is 1.78. The van der Waals surface area contributed by atoms with E-state index in [-0.39, 0.29) is 28.2 Å². The van der Waals surface area contributed by atoms with Crippen molar-refractivity contribution in [2.24, 2.45) is 0 Å². The van der Waals surface area contributed by atoms with Gasteiger partial charge >= 0.3 is 6.03 Å². The third-order valence-corrected chi connectivity index (χ3v) is 6.51. The predicted octanol–water partition coefficient (Wildman–Crippen LogP) is 3.73. The number of carbonyl (C=O) groups excluding carboxylic acids is 1. The normalized spacial score (nSPS) is 31.2. The van der Waals surface area contributed by atoms with Crippen LogP contribution in [-0.2, 0) is 0 Å². The van der Waals surface area contributed by atoms with Gasteiger partial charge in [-0.05, 0) is 87.5 Å². The highest BCUT2D eigenvalue weighted by atomic mass is 16.2. The Morgan fingerprint density at radius 1 is 0.667 bits per heavy atom. The Hall–Kier alpha value is -0.810. The molecule has 3 aliphatic rings. The summed E-state index contributed by atoms with van der Waals surface area (Å²) in [6, 6.07) is 0.932. The summed E-state index contributed by atoms with van der Waals surface area (Å²) in [5.41, 5.74) is 0.253. The minimum absolute atomic E-state index is 0.0632. The van der Waals surface area contributed by atoms with Crippen molar-refractivity contribution < 1.29 is 4.79 Å². The van der Waals surface area contributed by atoms with Crippen molar-refractivity contribution in [3.05, 3.63) is 0 Å². The fourth-order valence-electron chi connectivity index (χ4n) is 6.42. The largest absolute Gasteiger partial charge is 0.321 e. The van der Waals surface area contributed by atoms with Gasteiger partial charge in [0.25, 0.3) is 0 Å². The van der Waals surface area contributed by atoms with Crippen molar-refractivity contribution in [1.29, 1.82) is 0 Å². The van der Waals surface area contributed by atoms with E-state index >= 15 is 0 Å². The first-order chi connectivity index (χ1) is 12.2. The minimum Gasteiger partial charge on any atom is -0.321 e. The van der Waals surface area contributed by atoms with Gasteiger partial charge in [0.05, 0.1) is 0 Å². The van der Waals surface area contributed by atoms with Crippen LogP contribution in [-0.4, -0.2) is 63.2 Å². The van der Waals surface area contributed by atoms with Crippen LogP contribution in [0.4, 0.5) is 4.79 Å². The number of hydrogen-bond acceptors (Lipinski definition) is 3. The van der Waals surface area contributed by atoms with Gasteiger partial charge < -0.3 is 20.4 Å². The van der Waals surface area contributed by atoms with Crippen LogP contribution in [0.5, 0.6) is 0 Å². The maximum absolute atomic E-state index is 13.6. The van der Waals surface area contributed by atoms with Gasteiger partial charge in [-0.25, -0.2) is 4.79 Å². The Morgan fingerprint density at radius 2 is 0.963 bits per heavy atom. The van der Waals surface area contributed by atoms with Crippen molar-refractivity contribution in [2.75, 3.05) is 13.1 Å². The molecular weight excluding hydrogens is 336 g/mol. The first kappa shape index (κ1) is 20.9. The van der Waals surface area contributed by atoms with Gasteiger partial charge in [0.2, 0.25) is 0 Å². The van der Waals surface area contributed by atoms with Gasteiger partial charge in [-0.2, -0.15) is 0 Å². The lowest BCUT2D eigenvalue weighted by Crippen LogP contribution is -2.67. The summed E-state index contributed by atoms with van der Waals surface area (Å²) in [6.07, 6.45) is 5.19. The molecule has 2 N–H and O–H groups in total. The molecule has 0 atom stereocenters. The molecule has 0 saturated carbocycles. The van der Waals surface area contributed by atoms with E-state index < -0.39 is 0 Å². The van der Waals surface area contributed by atoms with Crippen LogP contribution >= 0.6 is 0 Å². The number of piperidine rings is 2. The van der Waals surface area contributed by atoms with E-state index in [2.05, 4.69) is 75.8 Å².